The first-order valence-electron chi connectivity index (χ1n) is 1.68. The fourth-order valence-electron chi connectivity index (χ4n) is 0.289. The molecule has 38 valence electrons. The fraction of sp³-hybridized carbons (Fsp3) is 0. The van der Waals surface area contributed by atoms with Crippen molar-refractivity contribution in [2.75, 3.05) is 0 Å². The quantitative estimate of drug-likeness (QED) is 0.600. The van der Waals surface area contributed by atoms with Gasteiger partial charge in [-0.05, 0) is 27.5 Å². The molecule has 0 amide bonds. The highest BCUT2D eigenvalue weighted by Crippen LogP contribution is 2.17. The first-order valence-corrected chi connectivity index (χ1v) is 2.85. The maximum Gasteiger partial charge on any atom is 0.194 e. The number of hydrogen-bond donors (Lipinski definition) is 0. The molecule has 1 rings (SSSR count). The van der Waals surface area contributed by atoms with Crippen LogP contribution in [-0.4, -0.2) is 0 Å². The van der Waals surface area contributed by atoms with Gasteiger partial charge in [0.05, 0.1) is 4.47 Å². The van der Waals surface area contributed by atoms with Crippen LogP contribution in [0, 0.1) is 0 Å². The second-order valence-corrected chi connectivity index (χ2v) is 2.36. The van der Waals surface area contributed by atoms with Crippen LogP contribution in [0.5, 0.6) is 0 Å². The lowest BCUT2D eigenvalue weighted by Crippen LogP contribution is -1.39. The molecule has 0 aliphatic carbocycles. The SMILES string of the molecule is Clc1cc(Br)co1. The number of halogens is 2. The van der Waals surface area contributed by atoms with Crippen molar-refractivity contribution in [3.63, 3.8) is 0 Å². The van der Waals surface area contributed by atoms with E-state index in [0.29, 0.717) is 5.22 Å². The minimum atomic E-state index is 0.409. The molecule has 0 unspecified atom stereocenters. The Morgan fingerprint density at radius 1 is 1.71 bits per heavy atom. The van der Waals surface area contributed by atoms with Gasteiger partial charge in [0.25, 0.3) is 0 Å². The lowest BCUT2D eigenvalue weighted by Gasteiger charge is -1.65. The highest BCUT2D eigenvalue weighted by molar-refractivity contribution is 9.10. The first kappa shape index (κ1) is 5.19. The van der Waals surface area contributed by atoms with Crippen LogP contribution in [0.25, 0.3) is 0 Å². The lowest BCUT2D eigenvalue weighted by molar-refractivity contribution is 0.568. The molecule has 0 aliphatic rings. The smallest absolute Gasteiger partial charge is 0.194 e. The molecule has 0 bridgehead atoms. The standard InChI is InChI=1S/C4H2BrClO/c5-3-1-4(6)7-2-3/h1-2H. The molecule has 0 spiro atoms. The van der Waals surface area contributed by atoms with E-state index in [1.807, 2.05) is 0 Å². The summed E-state index contributed by atoms with van der Waals surface area (Å²) in [5.74, 6) is 0. The summed E-state index contributed by atoms with van der Waals surface area (Å²) in [6, 6.07) is 1.68. The predicted octanol–water partition coefficient (Wildman–Crippen LogP) is 2.70. The summed E-state index contributed by atoms with van der Waals surface area (Å²) < 4.78 is 5.56. The Hall–Kier alpha value is 0.0500. The van der Waals surface area contributed by atoms with Gasteiger partial charge in [0, 0.05) is 6.07 Å². The molecule has 0 aliphatic heterocycles. The minimum Gasteiger partial charge on any atom is -0.452 e. The zero-order valence-electron chi connectivity index (χ0n) is 3.32. The molecule has 1 nitrogen and oxygen atoms in total. The molecule has 3 heteroatoms. The molecule has 1 heterocycles. The van der Waals surface area contributed by atoms with Gasteiger partial charge in [-0.3, -0.25) is 0 Å². The van der Waals surface area contributed by atoms with Gasteiger partial charge in [-0.25, -0.2) is 0 Å². The van der Waals surface area contributed by atoms with E-state index in [4.69, 9.17) is 11.6 Å². The fourth-order valence-corrected chi connectivity index (χ4v) is 0.884. The average molecular weight is 181 g/mol. The molecule has 0 fully saturated rings. The van der Waals surface area contributed by atoms with Crippen molar-refractivity contribution in [2.24, 2.45) is 0 Å². The second-order valence-electron chi connectivity index (χ2n) is 1.07. The molecule has 0 N–H and O–H groups in total. The van der Waals surface area contributed by atoms with Gasteiger partial charge in [0.1, 0.15) is 6.26 Å². The Morgan fingerprint density at radius 2 is 2.43 bits per heavy atom. The minimum absolute atomic E-state index is 0.409. The maximum atomic E-state index is 5.36. The van der Waals surface area contributed by atoms with E-state index in [2.05, 4.69) is 20.3 Å². The number of hydrogen-bond acceptors (Lipinski definition) is 1. The van der Waals surface area contributed by atoms with Crippen molar-refractivity contribution < 1.29 is 4.42 Å². The van der Waals surface area contributed by atoms with Crippen LogP contribution in [0.1, 0.15) is 0 Å². The van der Waals surface area contributed by atoms with Gasteiger partial charge in [-0.15, -0.1) is 0 Å². The van der Waals surface area contributed by atoms with Gasteiger partial charge >= 0.3 is 0 Å². The molecule has 1 aromatic heterocycles. The van der Waals surface area contributed by atoms with Gasteiger partial charge in [-0.2, -0.15) is 0 Å². The summed E-state index contributed by atoms with van der Waals surface area (Å²) in [4.78, 5) is 0. The molecule has 0 saturated heterocycles. The zero-order chi connectivity index (χ0) is 5.28. The Bertz CT molecular complexity index is 144. The van der Waals surface area contributed by atoms with Gasteiger partial charge in [0.15, 0.2) is 5.22 Å². The summed E-state index contributed by atoms with van der Waals surface area (Å²) in [7, 11) is 0. The van der Waals surface area contributed by atoms with Crippen LogP contribution < -0.4 is 0 Å². The molecule has 0 saturated carbocycles. The molecule has 0 aromatic carbocycles. The summed E-state index contributed by atoms with van der Waals surface area (Å²) in [5, 5.41) is 0.409. The van der Waals surface area contributed by atoms with Gasteiger partial charge in [-0.1, -0.05) is 0 Å². The van der Waals surface area contributed by atoms with Crippen molar-refractivity contribution in [3.05, 3.63) is 22.0 Å². The topological polar surface area (TPSA) is 13.1 Å². The number of rotatable bonds is 0. The van der Waals surface area contributed by atoms with Crippen molar-refractivity contribution in [1.29, 1.82) is 0 Å². The zero-order valence-corrected chi connectivity index (χ0v) is 5.66. The summed E-state index contributed by atoms with van der Waals surface area (Å²) in [6.45, 7) is 0. The van der Waals surface area contributed by atoms with Crippen LogP contribution >= 0.6 is 27.5 Å². The van der Waals surface area contributed by atoms with E-state index in [1.54, 1.807) is 6.07 Å². The van der Waals surface area contributed by atoms with Crippen LogP contribution in [0.3, 0.4) is 0 Å². The lowest BCUT2D eigenvalue weighted by atomic mass is 10.7. The van der Waals surface area contributed by atoms with Crippen molar-refractivity contribution in [3.8, 4) is 0 Å². The molecular weight excluding hydrogens is 179 g/mol. The van der Waals surface area contributed by atoms with Crippen LogP contribution in [-0.2, 0) is 0 Å². The normalized spacial score (nSPS) is 9.43. The predicted molar refractivity (Wildman–Crippen MR) is 31.4 cm³/mol. The summed E-state index contributed by atoms with van der Waals surface area (Å²) >= 11 is 8.52. The van der Waals surface area contributed by atoms with Crippen molar-refractivity contribution in [1.82, 2.24) is 0 Å². The Kier molecular flexibility index (Phi) is 1.40. The molecular formula is C4H2BrClO. The molecule has 0 atom stereocenters. The van der Waals surface area contributed by atoms with E-state index >= 15 is 0 Å². The Labute approximate surface area is 54.4 Å². The van der Waals surface area contributed by atoms with Crippen LogP contribution in [0.15, 0.2) is 21.2 Å². The highest BCUT2D eigenvalue weighted by atomic mass is 79.9. The van der Waals surface area contributed by atoms with Crippen LogP contribution in [0.4, 0.5) is 0 Å². The van der Waals surface area contributed by atoms with Crippen molar-refractivity contribution in [2.45, 2.75) is 0 Å². The Balaban J connectivity index is 3.04. The summed E-state index contributed by atoms with van der Waals surface area (Å²) in [6.07, 6.45) is 1.53. The summed E-state index contributed by atoms with van der Waals surface area (Å²) in [5.41, 5.74) is 0. The largest absolute Gasteiger partial charge is 0.452 e. The second kappa shape index (κ2) is 1.88. The third-order valence-electron chi connectivity index (χ3n) is 0.535. The van der Waals surface area contributed by atoms with Gasteiger partial charge < -0.3 is 4.42 Å². The monoisotopic (exact) mass is 180 g/mol. The molecule has 7 heavy (non-hydrogen) atoms. The highest BCUT2D eigenvalue weighted by Gasteiger charge is 1.90. The average Bonchev–Trinajstić information content (AvgIpc) is 1.87. The maximum absolute atomic E-state index is 5.36. The third-order valence-corrected chi connectivity index (χ3v) is 1.15. The third kappa shape index (κ3) is 1.21. The van der Waals surface area contributed by atoms with E-state index in [-0.39, 0.29) is 0 Å². The molecule has 0 radical (unpaired) electrons. The van der Waals surface area contributed by atoms with E-state index in [0.717, 1.165) is 4.47 Å². The van der Waals surface area contributed by atoms with Crippen molar-refractivity contribution >= 4 is 27.5 Å². The molecule has 1 aromatic rings. The van der Waals surface area contributed by atoms with E-state index < -0.39 is 0 Å². The van der Waals surface area contributed by atoms with Gasteiger partial charge in [0.2, 0.25) is 0 Å². The van der Waals surface area contributed by atoms with Crippen LogP contribution in [0.2, 0.25) is 5.22 Å². The first-order chi connectivity index (χ1) is 3.29. The number of furan rings is 1. The van der Waals surface area contributed by atoms with E-state index in [9.17, 15) is 0 Å². The van der Waals surface area contributed by atoms with E-state index in [1.165, 1.54) is 6.26 Å². The Morgan fingerprint density at radius 3 is 2.57 bits per heavy atom.